The topological polar surface area (TPSA) is 105 Å². The normalized spacial score (nSPS) is 11.3. The van der Waals surface area contributed by atoms with Gasteiger partial charge in [0.1, 0.15) is 10.7 Å². The van der Waals surface area contributed by atoms with Gasteiger partial charge in [-0.15, -0.1) is 11.8 Å². The summed E-state index contributed by atoms with van der Waals surface area (Å²) in [5.41, 5.74) is 5.73. The Morgan fingerprint density at radius 3 is 2.71 bits per heavy atom. The fraction of sp³-hybridized carbons (Fsp3) is 0.136. The quantitative estimate of drug-likeness (QED) is 0.210. The van der Waals surface area contributed by atoms with E-state index in [2.05, 4.69) is 20.5 Å². The van der Waals surface area contributed by atoms with Crippen molar-refractivity contribution in [3.63, 3.8) is 0 Å². The van der Waals surface area contributed by atoms with Crippen LogP contribution in [-0.2, 0) is 5.75 Å². The molecule has 0 radical (unpaired) electrons. The Balaban J connectivity index is 1.71. The average molecular weight is 433 g/mol. The lowest BCUT2D eigenvalue weighted by atomic mass is 10.2. The number of fused-ring (bicyclic) bond motifs is 1. The van der Waals surface area contributed by atoms with Gasteiger partial charge in [0, 0.05) is 23.7 Å². The molecule has 156 valence electrons. The molecule has 0 unspecified atom stereocenters. The highest BCUT2D eigenvalue weighted by Gasteiger charge is 2.13. The van der Waals surface area contributed by atoms with Crippen LogP contribution in [0.3, 0.4) is 0 Å². The molecule has 2 N–H and O–H groups in total. The summed E-state index contributed by atoms with van der Waals surface area (Å²) < 4.78 is 1.51. The Bertz CT molecular complexity index is 1380. The highest BCUT2D eigenvalue weighted by Crippen LogP contribution is 2.23. The zero-order chi connectivity index (χ0) is 21.8. The van der Waals surface area contributed by atoms with Gasteiger partial charge in [-0.2, -0.15) is 5.10 Å². The first kappa shape index (κ1) is 20.5. The van der Waals surface area contributed by atoms with Crippen LogP contribution in [0.25, 0.3) is 5.65 Å². The summed E-state index contributed by atoms with van der Waals surface area (Å²) in [7, 11) is 0. The first-order chi connectivity index (χ1) is 15.0. The number of hydrazone groups is 1. The highest BCUT2D eigenvalue weighted by molar-refractivity contribution is 7.98. The number of thioether (sulfide) groups is 1. The molecule has 0 spiro atoms. The third-order valence-electron chi connectivity index (χ3n) is 4.50. The molecule has 9 heteroatoms. The Morgan fingerprint density at radius 2 is 1.94 bits per heavy atom. The number of anilines is 1. The van der Waals surface area contributed by atoms with E-state index in [0.717, 1.165) is 11.1 Å². The van der Waals surface area contributed by atoms with E-state index in [1.807, 2.05) is 49.4 Å². The number of rotatable bonds is 6. The summed E-state index contributed by atoms with van der Waals surface area (Å²) in [5.74, 6) is 0.862. The molecular formula is C22H20N6O2S. The van der Waals surface area contributed by atoms with Gasteiger partial charge in [0.25, 0.3) is 11.1 Å². The molecule has 0 saturated heterocycles. The van der Waals surface area contributed by atoms with E-state index in [4.69, 9.17) is 4.98 Å². The molecule has 0 aliphatic heterocycles. The van der Waals surface area contributed by atoms with Crippen molar-refractivity contribution >= 4 is 29.6 Å². The molecule has 31 heavy (non-hydrogen) atoms. The third kappa shape index (κ3) is 4.72. The molecule has 4 aromatic rings. The maximum atomic E-state index is 13.2. The number of aromatic nitrogens is 4. The molecule has 0 bridgehead atoms. The summed E-state index contributed by atoms with van der Waals surface area (Å²) in [5, 5.41) is 4.71. The van der Waals surface area contributed by atoms with Gasteiger partial charge in [-0.25, -0.2) is 15.4 Å². The van der Waals surface area contributed by atoms with Gasteiger partial charge in [-0.1, -0.05) is 36.4 Å². The lowest BCUT2D eigenvalue weighted by Crippen LogP contribution is -2.21. The van der Waals surface area contributed by atoms with Crippen LogP contribution in [0.1, 0.15) is 22.4 Å². The molecule has 0 aliphatic carbocycles. The largest absolute Gasteiger partial charge is 0.291 e. The summed E-state index contributed by atoms with van der Waals surface area (Å²) in [6.07, 6.45) is 3.10. The fourth-order valence-electron chi connectivity index (χ4n) is 3.03. The Kier molecular flexibility index (Phi) is 5.94. The van der Waals surface area contributed by atoms with Crippen molar-refractivity contribution < 1.29 is 0 Å². The number of aryl methyl sites for hydroxylation is 2. The first-order valence-electron chi connectivity index (χ1n) is 9.57. The SMILES string of the molecule is Cc1cc(=O)[nH]c(N/N=C\c2c(SCc3ccccc3)nc3c(C)cccn3c2=O)n1. The van der Waals surface area contributed by atoms with E-state index in [1.165, 1.54) is 28.4 Å². The summed E-state index contributed by atoms with van der Waals surface area (Å²) >= 11 is 1.47. The summed E-state index contributed by atoms with van der Waals surface area (Å²) in [4.78, 5) is 36.2. The van der Waals surface area contributed by atoms with Crippen LogP contribution in [-0.4, -0.2) is 25.6 Å². The van der Waals surface area contributed by atoms with Crippen LogP contribution in [0.2, 0.25) is 0 Å². The molecule has 0 fully saturated rings. The number of H-pyrrole nitrogens is 1. The van der Waals surface area contributed by atoms with Crippen molar-refractivity contribution in [3.8, 4) is 0 Å². The number of hydrogen-bond acceptors (Lipinski definition) is 7. The van der Waals surface area contributed by atoms with Crippen molar-refractivity contribution in [1.29, 1.82) is 0 Å². The minimum atomic E-state index is -0.285. The number of pyridine rings is 1. The number of hydrogen-bond donors (Lipinski definition) is 2. The Hall–Kier alpha value is -3.72. The second-order valence-corrected chi connectivity index (χ2v) is 7.86. The summed E-state index contributed by atoms with van der Waals surface area (Å²) in [6, 6.07) is 15.1. The van der Waals surface area contributed by atoms with E-state index in [9.17, 15) is 9.59 Å². The molecule has 4 rings (SSSR count). The van der Waals surface area contributed by atoms with Gasteiger partial charge in [0.05, 0.1) is 11.8 Å². The van der Waals surface area contributed by atoms with Crippen LogP contribution in [0.15, 0.2) is 74.4 Å². The molecular weight excluding hydrogens is 412 g/mol. The maximum absolute atomic E-state index is 13.2. The number of benzene rings is 1. The molecule has 0 saturated carbocycles. The predicted octanol–water partition coefficient (Wildman–Crippen LogP) is 3.13. The maximum Gasteiger partial charge on any atom is 0.267 e. The van der Waals surface area contributed by atoms with Crippen LogP contribution in [0.5, 0.6) is 0 Å². The van der Waals surface area contributed by atoms with Gasteiger partial charge in [0.15, 0.2) is 0 Å². The lowest BCUT2D eigenvalue weighted by Gasteiger charge is -2.09. The number of nitrogens with zero attached hydrogens (tertiary/aromatic N) is 4. The molecule has 8 nitrogen and oxygen atoms in total. The molecule has 1 aromatic carbocycles. The standard InChI is InChI=1S/C22H20N6O2S/c1-14-7-6-10-28-19(14)26-20(31-13-16-8-4-3-5-9-16)17(21(28)30)12-23-27-22-24-15(2)11-18(29)25-22/h3-12H,13H2,1-2H3,(H2,24,25,27,29)/b23-12-. The van der Waals surface area contributed by atoms with Gasteiger partial charge >= 0.3 is 0 Å². The van der Waals surface area contributed by atoms with E-state index in [1.54, 1.807) is 13.1 Å². The van der Waals surface area contributed by atoms with E-state index < -0.39 is 0 Å². The monoisotopic (exact) mass is 432 g/mol. The summed E-state index contributed by atoms with van der Waals surface area (Å²) in [6.45, 7) is 3.63. The lowest BCUT2D eigenvalue weighted by molar-refractivity contribution is 0.966. The zero-order valence-electron chi connectivity index (χ0n) is 17.0. The van der Waals surface area contributed by atoms with Gasteiger partial charge in [-0.05, 0) is 31.0 Å². The molecule has 3 aromatic heterocycles. The first-order valence-corrected chi connectivity index (χ1v) is 10.6. The molecule has 0 amide bonds. The number of nitrogens with one attached hydrogen (secondary N) is 2. The van der Waals surface area contributed by atoms with Crippen LogP contribution in [0.4, 0.5) is 5.95 Å². The predicted molar refractivity (Wildman–Crippen MR) is 123 cm³/mol. The van der Waals surface area contributed by atoms with Crippen molar-refractivity contribution in [3.05, 3.63) is 97.8 Å². The van der Waals surface area contributed by atoms with E-state index in [0.29, 0.717) is 27.7 Å². The minimum absolute atomic E-state index is 0.199. The van der Waals surface area contributed by atoms with Crippen LogP contribution >= 0.6 is 11.8 Å². The number of aromatic amines is 1. The molecule has 0 atom stereocenters. The second kappa shape index (κ2) is 8.97. The van der Waals surface area contributed by atoms with Crippen molar-refractivity contribution in [2.24, 2.45) is 5.10 Å². The smallest absolute Gasteiger partial charge is 0.267 e. The fourth-order valence-corrected chi connectivity index (χ4v) is 3.97. The van der Waals surface area contributed by atoms with E-state index >= 15 is 0 Å². The second-order valence-electron chi connectivity index (χ2n) is 6.90. The molecule has 0 aliphatic rings. The van der Waals surface area contributed by atoms with Crippen molar-refractivity contribution in [2.45, 2.75) is 24.6 Å². The molecule has 3 heterocycles. The minimum Gasteiger partial charge on any atom is -0.291 e. The van der Waals surface area contributed by atoms with Crippen molar-refractivity contribution in [2.75, 3.05) is 5.43 Å². The zero-order valence-corrected chi connectivity index (χ0v) is 17.8. The highest BCUT2D eigenvalue weighted by atomic mass is 32.2. The van der Waals surface area contributed by atoms with Gasteiger partial charge < -0.3 is 0 Å². The van der Waals surface area contributed by atoms with Gasteiger partial charge in [0.2, 0.25) is 5.95 Å². The van der Waals surface area contributed by atoms with Crippen LogP contribution < -0.4 is 16.5 Å². The van der Waals surface area contributed by atoms with Crippen molar-refractivity contribution in [1.82, 2.24) is 19.4 Å². The third-order valence-corrected chi connectivity index (χ3v) is 5.56. The Labute approximate surface area is 182 Å². The van der Waals surface area contributed by atoms with Gasteiger partial charge in [-0.3, -0.25) is 19.0 Å². The average Bonchev–Trinajstić information content (AvgIpc) is 2.75. The Morgan fingerprint density at radius 1 is 1.13 bits per heavy atom. The van der Waals surface area contributed by atoms with E-state index in [-0.39, 0.29) is 17.1 Å². The van der Waals surface area contributed by atoms with Crippen LogP contribution in [0, 0.1) is 13.8 Å².